The van der Waals surface area contributed by atoms with E-state index in [1.807, 2.05) is 20.1 Å². The number of aliphatic hydroxyl groups excluding tert-OH is 1. The number of methoxy groups -OCH3 is 1. The van der Waals surface area contributed by atoms with Crippen LogP contribution in [0.3, 0.4) is 0 Å². The second-order valence-electron chi connectivity index (χ2n) is 6.12. The lowest BCUT2D eigenvalue weighted by Gasteiger charge is -2.39. The summed E-state index contributed by atoms with van der Waals surface area (Å²) in [6, 6.07) is 0. The molecule has 0 rings (SSSR count). The van der Waals surface area contributed by atoms with Crippen molar-refractivity contribution in [3.05, 3.63) is 0 Å². The fourth-order valence-corrected chi connectivity index (χ4v) is 3.27. The van der Waals surface area contributed by atoms with Gasteiger partial charge in [0.15, 0.2) is 0 Å². The monoisotopic (exact) mass is 337 g/mol. The Morgan fingerprint density at radius 3 is 2.33 bits per heavy atom. The van der Waals surface area contributed by atoms with Gasteiger partial charge in [0.1, 0.15) is 0 Å². The molecule has 0 heterocycles. The molecule has 0 aromatic rings. The summed E-state index contributed by atoms with van der Waals surface area (Å²) in [6.45, 7) is 7.22. The Labute approximate surface area is 135 Å². The highest BCUT2D eigenvalue weighted by atomic mass is 33.1. The molecule has 1 amide bonds. The molecule has 0 aromatic carbocycles. The van der Waals surface area contributed by atoms with Gasteiger partial charge in [0.05, 0.1) is 18.6 Å². The first kappa shape index (κ1) is 20.6. The van der Waals surface area contributed by atoms with E-state index in [1.165, 1.54) is 7.11 Å². The third kappa shape index (κ3) is 6.48. The van der Waals surface area contributed by atoms with Crippen molar-refractivity contribution in [3.8, 4) is 0 Å². The Hall–Kier alpha value is -0.400. The van der Waals surface area contributed by atoms with Crippen molar-refractivity contribution in [1.29, 1.82) is 0 Å². The standard InChI is InChI=1S/C14H27NO4S2/c1-13(2,9-15-10(16)7-8-21-20-6)11(17)14(3,4)12(18)19-5/h11,17H,7-9H2,1-6H3,(H,15,16). The third-order valence-corrected chi connectivity index (χ3v) is 5.22. The number of amides is 1. The smallest absolute Gasteiger partial charge is 0.313 e. The zero-order chi connectivity index (χ0) is 16.7. The van der Waals surface area contributed by atoms with Gasteiger partial charge in [0.2, 0.25) is 5.91 Å². The maximum absolute atomic E-state index is 11.8. The Morgan fingerprint density at radius 2 is 1.86 bits per heavy atom. The van der Waals surface area contributed by atoms with Gasteiger partial charge in [-0.25, -0.2) is 0 Å². The second-order valence-corrected chi connectivity index (χ2v) is 8.80. The van der Waals surface area contributed by atoms with Crippen molar-refractivity contribution in [3.63, 3.8) is 0 Å². The Balaban J connectivity index is 4.54. The third-order valence-electron chi connectivity index (χ3n) is 3.41. The number of hydrogen-bond donors (Lipinski definition) is 2. The van der Waals surface area contributed by atoms with E-state index in [4.69, 9.17) is 4.74 Å². The van der Waals surface area contributed by atoms with Crippen LogP contribution in [0.15, 0.2) is 0 Å². The summed E-state index contributed by atoms with van der Waals surface area (Å²) < 4.78 is 4.73. The predicted octanol–water partition coefficient (Wildman–Crippen LogP) is 2.09. The maximum atomic E-state index is 11.8. The number of nitrogens with one attached hydrogen (secondary N) is 1. The summed E-state index contributed by atoms with van der Waals surface area (Å²) in [7, 11) is 4.56. The van der Waals surface area contributed by atoms with Gasteiger partial charge in [-0.15, -0.1) is 0 Å². The average Bonchev–Trinajstić information content (AvgIpc) is 2.43. The van der Waals surface area contributed by atoms with Gasteiger partial charge in [0, 0.05) is 24.1 Å². The molecule has 0 saturated heterocycles. The number of carbonyl (C=O) groups is 2. The van der Waals surface area contributed by atoms with Crippen LogP contribution in [0.4, 0.5) is 0 Å². The summed E-state index contributed by atoms with van der Waals surface area (Å²) in [5, 5.41) is 13.3. The molecule has 0 aliphatic carbocycles. The van der Waals surface area contributed by atoms with Gasteiger partial charge in [-0.2, -0.15) is 0 Å². The van der Waals surface area contributed by atoms with Gasteiger partial charge in [0.25, 0.3) is 0 Å². The van der Waals surface area contributed by atoms with Gasteiger partial charge < -0.3 is 15.2 Å². The fraction of sp³-hybridized carbons (Fsp3) is 0.857. The van der Waals surface area contributed by atoms with E-state index in [0.717, 1.165) is 5.75 Å². The molecule has 5 nitrogen and oxygen atoms in total. The van der Waals surface area contributed by atoms with Crippen molar-refractivity contribution in [2.24, 2.45) is 10.8 Å². The molecule has 21 heavy (non-hydrogen) atoms. The van der Waals surface area contributed by atoms with Gasteiger partial charge in [-0.1, -0.05) is 35.4 Å². The lowest BCUT2D eigenvalue weighted by molar-refractivity contribution is -0.163. The van der Waals surface area contributed by atoms with Crippen LogP contribution < -0.4 is 5.32 Å². The molecule has 0 radical (unpaired) electrons. The highest BCUT2D eigenvalue weighted by molar-refractivity contribution is 8.76. The molecular formula is C14H27NO4S2. The zero-order valence-electron chi connectivity index (χ0n) is 13.7. The molecule has 0 aliphatic rings. The minimum absolute atomic E-state index is 0.0484. The molecule has 0 aliphatic heterocycles. The van der Waals surface area contributed by atoms with Crippen molar-refractivity contribution >= 4 is 33.5 Å². The van der Waals surface area contributed by atoms with E-state index in [-0.39, 0.29) is 5.91 Å². The van der Waals surface area contributed by atoms with E-state index in [1.54, 1.807) is 35.4 Å². The molecule has 0 spiro atoms. The van der Waals surface area contributed by atoms with Crippen LogP contribution in [0.25, 0.3) is 0 Å². The van der Waals surface area contributed by atoms with E-state index in [2.05, 4.69) is 5.32 Å². The largest absolute Gasteiger partial charge is 0.469 e. The topological polar surface area (TPSA) is 75.6 Å². The summed E-state index contributed by atoms with van der Waals surface area (Å²) >= 11 is 0. The maximum Gasteiger partial charge on any atom is 0.313 e. The first-order chi connectivity index (χ1) is 9.59. The lowest BCUT2D eigenvalue weighted by Crippen LogP contribution is -2.51. The second kappa shape index (κ2) is 8.90. The van der Waals surface area contributed by atoms with Crippen LogP contribution in [-0.4, -0.2) is 48.8 Å². The van der Waals surface area contributed by atoms with Gasteiger partial charge >= 0.3 is 5.97 Å². The van der Waals surface area contributed by atoms with E-state index in [0.29, 0.717) is 13.0 Å². The molecular weight excluding hydrogens is 310 g/mol. The number of hydrogen-bond acceptors (Lipinski definition) is 6. The normalized spacial score (nSPS) is 13.7. The summed E-state index contributed by atoms with van der Waals surface area (Å²) in [4.78, 5) is 23.5. The van der Waals surface area contributed by atoms with Crippen molar-refractivity contribution in [2.45, 2.75) is 40.2 Å². The molecule has 124 valence electrons. The summed E-state index contributed by atoms with van der Waals surface area (Å²) in [6.07, 6.45) is 1.48. The average molecular weight is 338 g/mol. The molecule has 0 bridgehead atoms. The highest BCUT2D eigenvalue weighted by Crippen LogP contribution is 2.34. The molecule has 0 saturated carbocycles. The molecule has 7 heteroatoms. The summed E-state index contributed by atoms with van der Waals surface area (Å²) in [5.41, 5.74) is -1.67. The van der Waals surface area contributed by atoms with E-state index < -0.39 is 22.9 Å². The highest BCUT2D eigenvalue weighted by Gasteiger charge is 2.45. The van der Waals surface area contributed by atoms with Crippen LogP contribution in [-0.2, 0) is 14.3 Å². The number of esters is 1. The van der Waals surface area contributed by atoms with E-state index in [9.17, 15) is 14.7 Å². The molecule has 2 N–H and O–H groups in total. The predicted molar refractivity (Wildman–Crippen MR) is 89.2 cm³/mol. The number of rotatable bonds is 9. The van der Waals surface area contributed by atoms with Gasteiger partial charge in [-0.3, -0.25) is 9.59 Å². The fourth-order valence-electron chi connectivity index (χ4n) is 2.08. The minimum atomic E-state index is -1.03. The van der Waals surface area contributed by atoms with Crippen LogP contribution in [0.1, 0.15) is 34.1 Å². The Morgan fingerprint density at radius 1 is 1.29 bits per heavy atom. The van der Waals surface area contributed by atoms with Crippen LogP contribution in [0.5, 0.6) is 0 Å². The van der Waals surface area contributed by atoms with Crippen molar-refractivity contribution in [2.75, 3.05) is 25.7 Å². The number of aliphatic hydroxyl groups is 1. The SMILES string of the molecule is COC(=O)C(C)(C)C(O)C(C)(C)CNC(=O)CCSSC. The molecule has 0 aromatic heterocycles. The first-order valence-corrected chi connectivity index (χ1v) is 9.51. The van der Waals surface area contributed by atoms with Crippen molar-refractivity contribution in [1.82, 2.24) is 5.32 Å². The Bertz CT molecular complexity index is 359. The summed E-state index contributed by atoms with van der Waals surface area (Å²) in [5.74, 6) is 0.238. The van der Waals surface area contributed by atoms with Crippen LogP contribution in [0, 0.1) is 10.8 Å². The van der Waals surface area contributed by atoms with Crippen molar-refractivity contribution < 1.29 is 19.4 Å². The van der Waals surface area contributed by atoms with Gasteiger partial charge in [-0.05, 0) is 20.1 Å². The lowest BCUT2D eigenvalue weighted by atomic mass is 9.72. The minimum Gasteiger partial charge on any atom is -0.469 e. The van der Waals surface area contributed by atoms with E-state index >= 15 is 0 Å². The Kier molecular flexibility index (Phi) is 8.73. The number of carbonyl (C=O) groups excluding carboxylic acids is 2. The molecule has 1 unspecified atom stereocenters. The molecule has 1 atom stereocenters. The number of ether oxygens (including phenoxy) is 1. The quantitative estimate of drug-likeness (QED) is 0.381. The van der Waals surface area contributed by atoms with Crippen LogP contribution in [0.2, 0.25) is 0 Å². The van der Waals surface area contributed by atoms with Crippen LogP contribution >= 0.6 is 21.6 Å². The first-order valence-electron chi connectivity index (χ1n) is 6.78. The zero-order valence-corrected chi connectivity index (χ0v) is 15.3. The molecule has 0 fully saturated rings.